The van der Waals surface area contributed by atoms with Crippen molar-refractivity contribution < 1.29 is 9.59 Å². The van der Waals surface area contributed by atoms with Crippen LogP contribution in [0.25, 0.3) is 0 Å². The predicted octanol–water partition coefficient (Wildman–Crippen LogP) is 0.270. The third-order valence-corrected chi connectivity index (χ3v) is 6.48. The highest BCUT2D eigenvalue weighted by molar-refractivity contribution is 5.83. The summed E-state index contributed by atoms with van der Waals surface area (Å²) in [6.07, 6.45) is 7.40. The minimum absolute atomic E-state index is 0.000259. The standard InChI is InChI=1S/C18H24N8O2/c1-12(26-11-21-22-23-26)16(27)24-8-5-18(6-9-24)15-14(19-10-20-15)4-7-25(18)17(28)13-2-3-13/h10-13H,2-9H2,1H3,(H,19,20)/t12-/m0/s1. The highest BCUT2D eigenvalue weighted by Crippen LogP contribution is 2.45. The Kier molecular flexibility index (Phi) is 3.95. The Morgan fingerprint density at radius 3 is 2.71 bits per heavy atom. The maximum atomic E-state index is 13.0. The average molecular weight is 384 g/mol. The number of imidazole rings is 1. The molecule has 3 aliphatic rings. The highest BCUT2D eigenvalue weighted by Gasteiger charge is 2.51. The summed E-state index contributed by atoms with van der Waals surface area (Å²) in [6, 6.07) is -0.444. The van der Waals surface area contributed by atoms with Gasteiger partial charge in [0.15, 0.2) is 0 Å². The number of rotatable bonds is 3. The molecular formula is C18H24N8O2. The zero-order chi connectivity index (χ0) is 19.3. The first-order chi connectivity index (χ1) is 13.6. The number of hydrogen-bond donors (Lipinski definition) is 1. The van der Waals surface area contributed by atoms with E-state index < -0.39 is 11.6 Å². The first-order valence-electron chi connectivity index (χ1n) is 9.95. The smallest absolute Gasteiger partial charge is 0.247 e. The number of carbonyl (C=O) groups is 2. The fraction of sp³-hybridized carbons (Fsp3) is 0.667. The fourth-order valence-electron chi connectivity index (χ4n) is 4.68. The molecule has 0 radical (unpaired) electrons. The number of piperidine rings is 1. The Labute approximate surface area is 162 Å². The van der Waals surface area contributed by atoms with Crippen LogP contribution in [0.5, 0.6) is 0 Å². The number of tetrazole rings is 1. The van der Waals surface area contributed by atoms with Crippen LogP contribution >= 0.6 is 0 Å². The number of H-pyrrole nitrogens is 1. The highest BCUT2D eigenvalue weighted by atomic mass is 16.2. The number of likely N-dealkylation sites (tertiary alicyclic amines) is 1. The molecule has 148 valence electrons. The van der Waals surface area contributed by atoms with Crippen LogP contribution in [0, 0.1) is 5.92 Å². The van der Waals surface area contributed by atoms with Crippen molar-refractivity contribution >= 4 is 11.8 Å². The van der Waals surface area contributed by atoms with Crippen molar-refractivity contribution in [2.24, 2.45) is 5.92 Å². The van der Waals surface area contributed by atoms with Crippen LogP contribution in [-0.4, -0.2) is 71.4 Å². The van der Waals surface area contributed by atoms with E-state index in [-0.39, 0.29) is 17.7 Å². The van der Waals surface area contributed by atoms with E-state index >= 15 is 0 Å². The molecule has 1 aliphatic carbocycles. The molecule has 2 amide bonds. The maximum absolute atomic E-state index is 13.0. The Hall–Kier alpha value is -2.78. The van der Waals surface area contributed by atoms with Crippen molar-refractivity contribution in [1.29, 1.82) is 0 Å². The third-order valence-electron chi connectivity index (χ3n) is 6.48. The van der Waals surface area contributed by atoms with Gasteiger partial charge < -0.3 is 14.8 Å². The lowest BCUT2D eigenvalue weighted by molar-refractivity contribution is -0.146. The molecule has 0 aromatic carbocycles. The van der Waals surface area contributed by atoms with Crippen LogP contribution in [0.1, 0.15) is 50.0 Å². The molecule has 10 nitrogen and oxygen atoms in total. The lowest BCUT2D eigenvalue weighted by Gasteiger charge is -2.50. The number of nitrogens with zero attached hydrogens (tertiary/aromatic N) is 7. The fourth-order valence-corrected chi connectivity index (χ4v) is 4.68. The summed E-state index contributed by atoms with van der Waals surface area (Å²) < 4.78 is 1.47. The van der Waals surface area contributed by atoms with E-state index in [9.17, 15) is 9.59 Å². The van der Waals surface area contributed by atoms with Crippen LogP contribution in [0.4, 0.5) is 0 Å². The van der Waals surface area contributed by atoms with Gasteiger partial charge in [-0.15, -0.1) is 5.10 Å². The van der Waals surface area contributed by atoms with Crippen LogP contribution < -0.4 is 0 Å². The SMILES string of the molecule is C[C@@H](C(=O)N1CCC2(CC1)c1nc[nH]c1CCN2C(=O)C1CC1)n1cnnn1. The topological polar surface area (TPSA) is 113 Å². The number of carbonyl (C=O) groups excluding carboxylic acids is 2. The van der Waals surface area contributed by atoms with E-state index in [1.54, 1.807) is 13.3 Å². The van der Waals surface area contributed by atoms with Crippen LogP contribution in [-0.2, 0) is 21.5 Å². The van der Waals surface area contributed by atoms with Crippen molar-refractivity contribution in [3.63, 3.8) is 0 Å². The molecule has 1 N–H and O–H groups in total. The number of hydrogen-bond acceptors (Lipinski definition) is 6. The number of aromatic nitrogens is 6. The summed E-state index contributed by atoms with van der Waals surface area (Å²) in [4.78, 5) is 37.7. The summed E-state index contributed by atoms with van der Waals surface area (Å²) in [5, 5.41) is 11.1. The molecule has 28 heavy (non-hydrogen) atoms. The number of fused-ring (bicyclic) bond motifs is 2. The van der Waals surface area contributed by atoms with Crippen molar-refractivity contribution in [3.05, 3.63) is 24.0 Å². The number of amides is 2. The second-order valence-corrected chi connectivity index (χ2v) is 8.07. The van der Waals surface area contributed by atoms with E-state index in [1.165, 1.54) is 11.0 Å². The lowest BCUT2D eigenvalue weighted by Crippen LogP contribution is -2.59. The zero-order valence-electron chi connectivity index (χ0n) is 15.9. The first-order valence-corrected chi connectivity index (χ1v) is 9.95. The number of aromatic amines is 1. The van der Waals surface area contributed by atoms with Gasteiger partial charge in [-0.05, 0) is 43.0 Å². The molecule has 0 unspecified atom stereocenters. The molecule has 2 aliphatic heterocycles. The van der Waals surface area contributed by atoms with Crippen LogP contribution in [0.15, 0.2) is 12.7 Å². The Bertz CT molecular complexity index is 879. The number of nitrogens with one attached hydrogen (secondary N) is 1. The zero-order valence-corrected chi connectivity index (χ0v) is 15.9. The summed E-state index contributed by atoms with van der Waals surface area (Å²) in [5.41, 5.74) is 1.72. The van der Waals surface area contributed by atoms with E-state index in [1.807, 2.05) is 4.90 Å². The van der Waals surface area contributed by atoms with Crippen LogP contribution in [0.2, 0.25) is 0 Å². The third kappa shape index (κ3) is 2.61. The van der Waals surface area contributed by atoms with Gasteiger partial charge in [0.1, 0.15) is 12.4 Å². The van der Waals surface area contributed by atoms with E-state index in [4.69, 9.17) is 0 Å². The molecule has 4 heterocycles. The monoisotopic (exact) mass is 384 g/mol. The Morgan fingerprint density at radius 1 is 1.25 bits per heavy atom. The first kappa shape index (κ1) is 17.3. The molecule has 1 spiro atoms. The summed E-state index contributed by atoms with van der Waals surface area (Å²) in [7, 11) is 0. The summed E-state index contributed by atoms with van der Waals surface area (Å²) >= 11 is 0. The van der Waals surface area contributed by atoms with Gasteiger partial charge in [0.2, 0.25) is 11.8 Å². The molecule has 1 saturated heterocycles. The summed E-state index contributed by atoms with van der Waals surface area (Å²) in [5.74, 6) is 0.438. The normalized spacial score (nSPS) is 22.2. The molecule has 1 saturated carbocycles. The van der Waals surface area contributed by atoms with E-state index in [0.717, 1.165) is 37.2 Å². The van der Waals surface area contributed by atoms with E-state index in [0.29, 0.717) is 25.9 Å². The van der Waals surface area contributed by atoms with Crippen molar-refractivity contribution in [1.82, 2.24) is 40.0 Å². The van der Waals surface area contributed by atoms with Crippen molar-refractivity contribution in [3.8, 4) is 0 Å². The molecule has 2 fully saturated rings. The van der Waals surface area contributed by atoms with Crippen molar-refractivity contribution in [2.75, 3.05) is 19.6 Å². The van der Waals surface area contributed by atoms with Gasteiger partial charge in [0.05, 0.1) is 17.6 Å². The van der Waals surface area contributed by atoms with E-state index in [2.05, 4.69) is 30.4 Å². The largest absolute Gasteiger partial charge is 0.348 e. The van der Waals surface area contributed by atoms with Gasteiger partial charge >= 0.3 is 0 Å². The van der Waals surface area contributed by atoms with Crippen LogP contribution in [0.3, 0.4) is 0 Å². The molecule has 10 heteroatoms. The van der Waals surface area contributed by atoms with Gasteiger partial charge in [-0.2, -0.15) is 0 Å². The van der Waals surface area contributed by atoms with Gasteiger partial charge in [0, 0.05) is 37.7 Å². The molecule has 1 atom stereocenters. The molecule has 5 rings (SSSR count). The lowest BCUT2D eigenvalue weighted by atomic mass is 9.78. The molecule has 2 aromatic heterocycles. The quantitative estimate of drug-likeness (QED) is 0.813. The second kappa shape index (κ2) is 6.39. The molecule has 2 aromatic rings. The minimum atomic E-state index is -0.444. The molecule has 0 bridgehead atoms. The summed E-state index contributed by atoms with van der Waals surface area (Å²) in [6.45, 7) is 3.70. The van der Waals surface area contributed by atoms with Gasteiger partial charge in [-0.25, -0.2) is 9.67 Å². The van der Waals surface area contributed by atoms with Crippen molar-refractivity contribution in [2.45, 2.75) is 50.6 Å². The Balaban J connectivity index is 1.38. The van der Waals surface area contributed by atoms with Gasteiger partial charge in [0.25, 0.3) is 0 Å². The van der Waals surface area contributed by atoms with Gasteiger partial charge in [-0.3, -0.25) is 9.59 Å². The second-order valence-electron chi connectivity index (χ2n) is 8.07. The molecular weight excluding hydrogens is 360 g/mol. The maximum Gasteiger partial charge on any atom is 0.247 e. The average Bonchev–Trinajstić information content (AvgIpc) is 3.20. The Morgan fingerprint density at radius 2 is 2.04 bits per heavy atom. The predicted molar refractivity (Wildman–Crippen MR) is 96.7 cm³/mol. The van der Waals surface area contributed by atoms with Gasteiger partial charge in [-0.1, -0.05) is 0 Å². The minimum Gasteiger partial charge on any atom is -0.348 e.